The van der Waals surface area contributed by atoms with Crippen LogP contribution in [0.15, 0.2) is 12.1 Å². The van der Waals surface area contributed by atoms with E-state index in [0.717, 1.165) is 31.4 Å². The highest BCUT2D eigenvalue weighted by Gasteiger charge is 2.29. The fourth-order valence-corrected chi connectivity index (χ4v) is 3.56. The maximum absolute atomic E-state index is 12.7. The van der Waals surface area contributed by atoms with Crippen molar-refractivity contribution in [2.45, 2.75) is 51.1 Å². The molecule has 2 rings (SSSR count). The molecule has 0 saturated carbocycles. The van der Waals surface area contributed by atoms with Crippen LogP contribution in [0.2, 0.25) is 0 Å². The van der Waals surface area contributed by atoms with Crippen LogP contribution in [0.3, 0.4) is 0 Å². The van der Waals surface area contributed by atoms with Gasteiger partial charge in [-0.1, -0.05) is 6.07 Å². The van der Waals surface area contributed by atoms with E-state index in [0.29, 0.717) is 30.1 Å². The van der Waals surface area contributed by atoms with Gasteiger partial charge in [-0.25, -0.2) is 0 Å². The summed E-state index contributed by atoms with van der Waals surface area (Å²) in [5, 5.41) is 0. The zero-order valence-corrected chi connectivity index (χ0v) is 16.9. The van der Waals surface area contributed by atoms with Gasteiger partial charge in [0.05, 0.1) is 21.3 Å². The molecule has 2 N–H and O–H groups in total. The Kier molecular flexibility index (Phi) is 9.02. The largest absolute Gasteiger partial charge is 0.493 e. The summed E-state index contributed by atoms with van der Waals surface area (Å²) in [6.07, 6.45) is 4.19. The summed E-state index contributed by atoms with van der Waals surface area (Å²) < 4.78 is 16.2. The number of rotatable bonds is 7. The van der Waals surface area contributed by atoms with E-state index in [-0.39, 0.29) is 30.4 Å². The van der Waals surface area contributed by atoms with Crippen LogP contribution in [0.5, 0.6) is 17.2 Å². The molecule has 0 bridgehead atoms. The average molecular weight is 387 g/mol. The molecule has 26 heavy (non-hydrogen) atoms. The Hall–Kier alpha value is -1.66. The zero-order valence-electron chi connectivity index (χ0n) is 16.1. The predicted octanol–water partition coefficient (Wildman–Crippen LogP) is 2.80. The number of likely N-dealkylation sites (tertiary alicyclic amines) is 1. The first-order chi connectivity index (χ1) is 12.0. The number of halogens is 1. The number of nitrogens with two attached hydrogens (primary N) is 1. The van der Waals surface area contributed by atoms with Gasteiger partial charge in [0.15, 0.2) is 11.5 Å². The average Bonchev–Trinajstić information content (AvgIpc) is 2.64. The minimum atomic E-state index is -0.000124. The number of ether oxygens (including phenoxy) is 3. The van der Waals surface area contributed by atoms with Gasteiger partial charge in [-0.3, -0.25) is 4.79 Å². The van der Waals surface area contributed by atoms with Gasteiger partial charge in [-0.05, 0) is 44.2 Å². The molecule has 1 aliphatic rings. The van der Waals surface area contributed by atoms with Gasteiger partial charge in [0.1, 0.15) is 0 Å². The first-order valence-electron chi connectivity index (χ1n) is 8.86. The third-order valence-electron chi connectivity index (χ3n) is 4.87. The van der Waals surface area contributed by atoms with Gasteiger partial charge in [0.2, 0.25) is 11.7 Å². The third-order valence-corrected chi connectivity index (χ3v) is 4.87. The molecule has 6 nitrogen and oxygen atoms in total. The number of benzene rings is 1. The van der Waals surface area contributed by atoms with Crippen molar-refractivity contribution in [2.24, 2.45) is 5.73 Å². The normalized spacial score (nSPS) is 17.9. The van der Waals surface area contributed by atoms with E-state index in [1.54, 1.807) is 21.3 Å². The molecule has 1 amide bonds. The van der Waals surface area contributed by atoms with Crippen molar-refractivity contribution in [3.8, 4) is 17.2 Å². The quantitative estimate of drug-likeness (QED) is 0.779. The Balaban J connectivity index is 0.00000338. The van der Waals surface area contributed by atoms with Crippen molar-refractivity contribution in [2.75, 3.05) is 27.9 Å². The molecule has 2 unspecified atom stereocenters. The second-order valence-electron chi connectivity index (χ2n) is 6.50. The third kappa shape index (κ3) is 4.95. The predicted molar refractivity (Wildman–Crippen MR) is 105 cm³/mol. The van der Waals surface area contributed by atoms with Crippen LogP contribution in [0, 0.1) is 0 Å². The van der Waals surface area contributed by atoms with Crippen LogP contribution >= 0.6 is 12.4 Å². The lowest BCUT2D eigenvalue weighted by molar-refractivity contribution is -0.135. The number of piperidine rings is 1. The standard InChI is InChI=1S/C19H30N2O4.ClH/c1-13(20)15-7-5-6-12-21(15)17(22)11-9-14-8-10-16(23-2)19(25-4)18(14)24-3;/h8,10,13,15H,5-7,9,11-12,20H2,1-4H3;1H. The number of nitrogens with zero attached hydrogens (tertiary/aromatic N) is 1. The Morgan fingerprint density at radius 1 is 1.19 bits per heavy atom. The lowest BCUT2D eigenvalue weighted by Gasteiger charge is -2.38. The molecule has 0 aromatic heterocycles. The number of carbonyl (C=O) groups is 1. The van der Waals surface area contributed by atoms with E-state index in [2.05, 4.69) is 0 Å². The highest BCUT2D eigenvalue weighted by molar-refractivity contribution is 5.85. The second-order valence-corrected chi connectivity index (χ2v) is 6.50. The maximum atomic E-state index is 12.7. The number of amides is 1. The molecular weight excluding hydrogens is 356 g/mol. The highest BCUT2D eigenvalue weighted by Crippen LogP contribution is 2.40. The Labute approximate surface area is 162 Å². The fourth-order valence-electron chi connectivity index (χ4n) is 3.56. The smallest absolute Gasteiger partial charge is 0.223 e. The molecule has 1 heterocycles. The second kappa shape index (κ2) is 10.5. The zero-order chi connectivity index (χ0) is 18.4. The van der Waals surface area contributed by atoms with Crippen LogP contribution in [0.4, 0.5) is 0 Å². The van der Waals surface area contributed by atoms with Crippen LogP contribution < -0.4 is 19.9 Å². The van der Waals surface area contributed by atoms with Crippen molar-refractivity contribution in [1.82, 2.24) is 4.90 Å². The number of hydrogen-bond donors (Lipinski definition) is 1. The molecule has 0 aliphatic carbocycles. The molecule has 1 aromatic rings. The summed E-state index contributed by atoms with van der Waals surface area (Å²) in [5.41, 5.74) is 7.01. The molecule has 1 saturated heterocycles. The Bertz CT molecular complexity index is 595. The molecular formula is C19H31ClN2O4. The van der Waals surface area contributed by atoms with Gasteiger partial charge in [-0.15, -0.1) is 12.4 Å². The van der Waals surface area contributed by atoms with Crippen molar-refractivity contribution in [3.63, 3.8) is 0 Å². The first-order valence-corrected chi connectivity index (χ1v) is 8.86. The monoisotopic (exact) mass is 386 g/mol. The molecule has 2 atom stereocenters. The number of hydrogen-bond acceptors (Lipinski definition) is 5. The Morgan fingerprint density at radius 2 is 1.88 bits per heavy atom. The molecule has 0 radical (unpaired) electrons. The number of carbonyl (C=O) groups excluding carboxylic acids is 1. The summed E-state index contributed by atoms with van der Waals surface area (Å²) in [6, 6.07) is 3.91. The Morgan fingerprint density at radius 3 is 2.46 bits per heavy atom. The molecule has 148 valence electrons. The fraction of sp³-hybridized carbons (Fsp3) is 0.632. The first kappa shape index (κ1) is 22.4. The maximum Gasteiger partial charge on any atom is 0.223 e. The van der Waals surface area contributed by atoms with Gasteiger partial charge < -0.3 is 24.8 Å². The van der Waals surface area contributed by atoms with Crippen molar-refractivity contribution in [3.05, 3.63) is 17.7 Å². The van der Waals surface area contributed by atoms with E-state index in [1.807, 2.05) is 24.0 Å². The number of aryl methyl sites for hydroxylation is 1. The van der Waals surface area contributed by atoms with Crippen LogP contribution in [-0.4, -0.2) is 50.8 Å². The minimum absolute atomic E-state index is 0. The van der Waals surface area contributed by atoms with E-state index in [1.165, 1.54) is 0 Å². The van der Waals surface area contributed by atoms with Crippen molar-refractivity contribution < 1.29 is 19.0 Å². The molecule has 0 spiro atoms. The summed E-state index contributed by atoms with van der Waals surface area (Å²) in [5.74, 6) is 1.94. The summed E-state index contributed by atoms with van der Waals surface area (Å²) >= 11 is 0. The van der Waals surface area contributed by atoms with Crippen LogP contribution in [0.25, 0.3) is 0 Å². The van der Waals surface area contributed by atoms with E-state index in [4.69, 9.17) is 19.9 Å². The summed E-state index contributed by atoms with van der Waals surface area (Å²) in [7, 11) is 4.76. The van der Waals surface area contributed by atoms with Gasteiger partial charge in [0.25, 0.3) is 0 Å². The van der Waals surface area contributed by atoms with Gasteiger partial charge >= 0.3 is 0 Å². The lowest BCUT2D eigenvalue weighted by Crippen LogP contribution is -2.51. The van der Waals surface area contributed by atoms with E-state index < -0.39 is 0 Å². The molecule has 7 heteroatoms. The molecule has 1 fully saturated rings. The van der Waals surface area contributed by atoms with Gasteiger partial charge in [0, 0.05) is 25.0 Å². The van der Waals surface area contributed by atoms with E-state index >= 15 is 0 Å². The lowest BCUT2D eigenvalue weighted by atomic mass is 9.96. The van der Waals surface area contributed by atoms with E-state index in [9.17, 15) is 4.79 Å². The number of methoxy groups -OCH3 is 3. The van der Waals surface area contributed by atoms with Crippen molar-refractivity contribution in [1.29, 1.82) is 0 Å². The van der Waals surface area contributed by atoms with Crippen LogP contribution in [0.1, 0.15) is 38.2 Å². The minimum Gasteiger partial charge on any atom is -0.493 e. The molecule has 1 aromatic carbocycles. The highest BCUT2D eigenvalue weighted by atomic mass is 35.5. The molecule has 1 aliphatic heterocycles. The van der Waals surface area contributed by atoms with Crippen molar-refractivity contribution >= 4 is 18.3 Å². The summed E-state index contributed by atoms with van der Waals surface area (Å²) in [4.78, 5) is 14.7. The van der Waals surface area contributed by atoms with Crippen LogP contribution in [-0.2, 0) is 11.2 Å². The SMILES string of the molecule is COc1ccc(CCC(=O)N2CCCCC2C(C)N)c(OC)c1OC.Cl. The van der Waals surface area contributed by atoms with Gasteiger partial charge in [-0.2, -0.15) is 0 Å². The summed E-state index contributed by atoms with van der Waals surface area (Å²) in [6.45, 7) is 2.78. The topological polar surface area (TPSA) is 74.0 Å².